The number of quaternary nitrogens is 1. The summed E-state index contributed by atoms with van der Waals surface area (Å²) in [6, 6.07) is 0. The van der Waals surface area contributed by atoms with Gasteiger partial charge < -0.3 is 27.1 Å². The second-order valence-electron chi connectivity index (χ2n) is 5.19. The van der Waals surface area contributed by atoms with Crippen molar-refractivity contribution in [3.05, 3.63) is 0 Å². The fourth-order valence-corrected chi connectivity index (χ4v) is 2.07. The lowest BCUT2D eigenvalue weighted by molar-refractivity contribution is -0.915. The summed E-state index contributed by atoms with van der Waals surface area (Å²) in [7, 11) is 2.15. The molecule has 0 aliphatic heterocycles. The number of nitrogens with zero attached hydrogens (tertiary/aromatic N) is 1. The Morgan fingerprint density at radius 2 is 1.35 bits per heavy atom. The van der Waals surface area contributed by atoms with Crippen molar-refractivity contribution in [1.82, 2.24) is 0 Å². The van der Waals surface area contributed by atoms with Gasteiger partial charge in [-0.3, -0.25) is 0 Å². The van der Waals surface area contributed by atoms with Crippen LogP contribution in [0.25, 0.3) is 0 Å². The molecule has 0 aliphatic carbocycles. The van der Waals surface area contributed by atoms with Gasteiger partial charge in [0, 0.05) is 0 Å². The van der Waals surface area contributed by atoms with Crippen LogP contribution < -0.4 is 12.4 Å². The lowest BCUT2D eigenvalue weighted by Crippen LogP contribution is -3.00. The Bertz CT molecular complexity index is 167. The third kappa shape index (κ3) is 8.83. The third-order valence-electron chi connectivity index (χ3n) is 3.30. The Hall–Kier alpha value is 0.170. The van der Waals surface area contributed by atoms with E-state index in [1.165, 1.54) is 0 Å². The topological polar surface area (TPSA) is 40.5 Å². The van der Waals surface area contributed by atoms with E-state index in [2.05, 4.69) is 14.0 Å². The van der Waals surface area contributed by atoms with Crippen LogP contribution >= 0.6 is 0 Å². The minimum Gasteiger partial charge on any atom is -1.00 e. The van der Waals surface area contributed by atoms with Gasteiger partial charge in [0.25, 0.3) is 0 Å². The summed E-state index contributed by atoms with van der Waals surface area (Å²) in [4.78, 5) is 0. The summed E-state index contributed by atoms with van der Waals surface area (Å²) in [5.74, 6) is 0. The summed E-state index contributed by atoms with van der Waals surface area (Å²) >= 11 is 0. The first-order valence-corrected chi connectivity index (χ1v) is 6.67. The van der Waals surface area contributed by atoms with E-state index in [4.69, 9.17) is 0 Å². The molecule has 2 unspecified atom stereocenters. The largest absolute Gasteiger partial charge is 1.00 e. The monoisotopic (exact) mass is 267 g/mol. The maximum absolute atomic E-state index is 9.78. The Morgan fingerprint density at radius 3 is 1.65 bits per heavy atom. The van der Waals surface area contributed by atoms with Crippen molar-refractivity contribution in [2.24, 2.45) is 0 Å². The van der Waals surface area contributed by atoms with Gasteiger partial charge in [-0.1, -0.05) is 27.2 Å². The molecule has 0 aromatic carbocycles. The summed E-state index contributed by atoms with van der Waals surface area (Å²) in [6.45, 7) is 8.75. The van der Waals surface area contributed by atoms with E-state index in [1.54, 1.807) is 0 Å². The van der Waals surface area contributed by atoms with Gasteiger partial charge in [0.1, 0.15) is 25.3 Å². The van der Waals surface area contributed by atoms with Gasteiger partial charge in [-0.15, -0.1) is 0 Å². The molecule has 0 radical (unpaired) electrons. The first-order valence-electron chi connectivity index (χ1n) is 6.67. The molecule has 0 spiro atoms. The number of unbranched alkanes of at least 4 members (excludes halogenated alkanes) is 1. The molecule has 3 nitrogen and oxygen atoms in total. The Kier molecular flexibility index (Phi) is 11.6. The first kappa shape index (κ1) is 19.5. The molecule has 0 rings (SSSR count). The molecule has 0 aliphatic rings. The molecule has 0 aromatic heterocycles. The standard InChI is InChI=1S/C13H30NO2.ClH/c1-5-8-9-14(4,10-12(15)6-2)11-13(16)7-3;/h12-13,15-16H,5-11H2,1-4H3;1H/q+1;/p-1. The fourth-order valence-electron chi connectivity index (χ4n) is 2.07. The van der Waals surface area contributed by atoms with Crippen molar-refractivity contribution >= 4 is 0 Å². The van der Waals surface area contributed by atoms with Crippen LogP contribution in [-0.4, -0.2) is 53.6 Å². The van der Waals surface area contributed by atoms with Crippen LogP contribution in [0.4, 0.5) is 0 Å². The molecule has 0 saturated heterocycles. The molecular weight excluding hydrogens is 238 g/mol. The van der Waals surface area contributed by atoms with Gasteiger partial charge in [-0.2, -0.15) is 0 Å². The number of hydrogen-bond donors (Lipinski definition) is 2. The summed E-state index contributed by atoms with van der Waals surface area (Å²) in [6.07, 6.45) is 3.42. The maximum Gasteiger partial charge on any atom is 0.105 e. The van der Waals surface area contributed by atoms with E-state index in [0.29, 0.717) is 0 Å². The van der Waals surface area contributed by atoms with E-state index in [0.717, 1.165) is 49.8 Å². The normalized spacial score (nSPS) is 18.0. The first-order chi connectivity index (χ1) is 7.47. The van der Waals surface area contributed by atoms with Crippen molar-refractivity contribution in [1.29, 1.82) is 0 Å². The molecule has 2 atom stereocenters. The van der Waals surface area contributed by atoms with Gasteiger partial charge in [0.15, 0.2) is 0 Å². The van der Waals surface area contributed by atoms with Crippen molar-refractivity contribution in [3.8, 4) is 0 Å². The molecular formula is C13H30ClNO2. The van der Waals surface area contributed by atoms with Gasteiger partial charge in [-0.05, 0) is 19.3 Å². The average Bonchev–Trinajstić information content (AvgIpc) is 2.25. The van der Waals surface area contributed by atoms with Gasteiger partial charge >= 0.3 is 0 Å². The van der Waals surface area contributed by atoms with E-state index in [-0.39, 0.29) is 24.6 Å². The van der Waals surface area contributed by atoms with Crippen LogP contribution in [0.15, 0.2) is 0 Å². The molecule has 0 fully saturated rings. The van der Waals surface area contributed by atoms with Crippen molar-refractivity contribution in [3.63, 3.8) is 0 Å². The number of hydrogen-bond acceptors (Lipinski definition) is 2. The highest BCUT2D eigenvalue weighted by Crippen LogP contribution is 2.11. The number of likely N-dealkylation sites (N-methyl/N-ethyl adjacent to an activating group) is 1. The summed E-state index contributed by atoms with van der Waals surface area (Å²) in [5, 5.41) is 19.6. The van der Waals surface area contributed by atoms with Crippen LogP contribution in [-0.2, 0) is 0 Å². The van der Waals surface area contributed by atoms with Crippen LogP contribution in [0.5, 0.6) is 0 Å². The Labute approximate surface area is 113 Å². The van der Waals surface area contributed by atoms with Crippen LogP contribution in [0.1, 0.15) is 46.5 Å². The second-order valence-corrected chi connectivity index (χ2v) is 5.19. The lowest BCUT2D eigenvalue weighted by atomic mass is 10.1. The molecule has 106 valence electrons. The number of halogens is 1. The number of aliphatic hydroxyl groups is 2. The smallest absolute Gasteiger partial charge is 0.105 e. The minimum atomic E-state index is -0.245. The molecule has 0 bridgehead atoms. The molecule has 0 heterocycles. The highest BCUT2D eigenvalue weighted by molar-refractivity contribution is 4.56. The SMILES string of the molecule is CCCC[N+](C)(CC(O)CC)CC(O)CC.[Cl-]. The highest BCUT2D eigenvalue weighted by atomic mass is 35.5. The third-order valence-corrected chi connectivity index (χ3v) is 3.30. The maximum atomic E-state index is 9.78. The van der Waals surface area contributed by atoms with E-state index in [9.17, 15) is 10.2 Å². The molecule has 17 heavy (non-hydrogen) atoms. The second kappa shape index (κ2) is 10.1. The van der Waals surface area contributed by atoms with Crippen molar-refractivity contribution in [2.75, 3.05) is 26.7 Å². The van der Waals surface area contributed by atoms with Crippen LogP contribution in [0.2, 0.25) is 0 Å². The molecule has 0 amide bonds. The van der Waals surface area contributed by atoms with E-state index in [1.807, 2.05) is 13.8 Å². The predicted molar refractivity (Wildman–Crippen MR) is 68.3 cm³/mol. The lowest BCUT2D eigenvalue weighted by Gasteiger charge is -2.37. The average molecular weight is 268 g/mol. The summed E-state index contributed by atoms with van der Waals surface area (Å²) < 4.78 is 0.790. The highest BCUT2D eigenvalue weighted by Gasteiger charge is 2.26. The zero-order valence-corrected chi connectivity index (χ0v) is 12.6. The van der Waals surface area contributed by atoms with Crippen molar-refractivity contribution < 1.29 is 27.1 Å². The molecule has 0 saturated carbocycles. The molecule has 2 N–H and O–H groups in total. The van der Waals surface area contributed by atoms with E-state index < -0.39 is 0 Å². The van der Waals surface area contributed by atoms with Gasteiger partial charge in [-0.25, -0.2) is 0 Å². The molecule has 0 aromatic rings. The number of rotatable bonds is 9. The zero-order chi connectivity index (χ0) is 12.6. The molecule has 4 heteroatoms. The predicted octanol–water partition coefficient (Wildman–Crippen LogP) is -1.22. The van der Waals surface area contributed by atoms with E-state index >= 15 is 0 Å². The van der Waals surface area contributed by atoms with Gasteiger partial charge in [0.2, 0.25) is 0 Å². The minimum absolute atomic E-state index is 0. The Balaban J connectivity index is 0. The zero-order valence-electron chi connectivity index (χ0n) is 11.8. The van der Waals surface area contributed by atoms with Crippen LogP contribution in [0.3, 0.4) is 0 Å². The van der Waals surface area contributed by atoms with Gasteiger partial charge in [0.05, 0.1) is 13.6 Å². The Morgan fingerprint density at radius 1 is 0.941 bits per heavy atom. The van der Waals surface area contributed by atoms with Crippen LogP contribution in [0, 0.1) is 0 Å². The quantitative estimate of drug-likeness (QED) is 0.514. The fraction of sp³-hybridized carbons (Fsp3) is 1.00. The van der Waals surface area contributed by atoms with Crippen molar-refractivity contribution in [2.45, 2.75) is 58.7 Å². The number of aliphatic hydroxyl groups excluding tert-OH is 2. The summed E-state index contributed by atoms with van der Waals surface area (Å²) in [5.41, 5.74) is 0.